The van der Waals surface area contributed by atoms with E-state index in [0.29, 0.717) is 0 Å². The van der Waals surface area contributed by atoms with Crippen molar-refractivity contribution in [2.24, 2.45) is 0 Å². The van der Waals surface area contributed by atoms with Crippen molar-refractivity contribution in [3.63, 3.8) is 0 Å². The molecule has 1 amide bonds. The number of aromatic nitrogens is 2. The van der Waals surface area contributed by atoms with Gasteiger partial charge in [0.1, 0.15) is 6.54 Å². The summed E-state index contributed by atoms with van der Waals surface area (Å²) in [7, 11) is 0. The van der Waals surface area contributed by atoms with Crippen molar-refractivity contribution in [3.8, 4) is 0 Å². The highest BCUT2D eigenvalue weighted by Crippen LogP contribution is 2.31. The Hall–Kier alpha value is -1.57. The highest BCUT2D eigenvalue weighted by Gasteiger charge is 2.37. The van der Waals surface area contributed by atoms with Gasteiger partial charge in [-0.25, -0.2) is 0 Å². The molecule has 0 radical (unpaired) electrons. The van der Waals surface area contributed by atoms with Crippen molar-refractivity contribution in [2.45, 2.75) is 70.8 Å². The molecule has 1 N–H and O–H groups in total. The number of alkyl halides is 3. The third-order valence-corrected chi connectivity index (χ3v) is 4.35. The predicted octanol–water partition coefficient (Wildman–Crippen LogP) is 2.62. The molecule has 0 unspecified atom stereocenters. The maximum Gasteiger partial charge on any atom is 0.435 e. The van der Waals surface area contributed by atoms with Gasteiger partial charge >= 0.3 is 6.18 Å². The van der Waals surface area contributed by atoms with Gasteiger partial charge in [-0.2, -0.15) is 18.3 Å². The van der Waals surface area contributed by atoms with Crippen LogP contribution in [0, 0.1) is 0 Å². The second-order valence-electron chi connectivity index (χ2n) is 6.50. The van der Waals surface area contributed by atoms with E-state index in [2.05, 4.69) is 5.10 Å². The van der Waals surface area contributed by atoms with Crippen molar-refractivity contribution in [3.05, 3.63) is 17.5 Å². The Kier molecular flexibility index (Phi) is 5.90. The minimum absolute atomic E-state index is 0.00448. The highest BCUT2D eigenvalue weighted by atomic mass is 19.4. The molecule has 1 heterocycles. The van der Waals surface area contributed by atoms with Gasteiger partial charge in [0.2, 0.25) is 5.91 Å². The molecule has 1 saturated carbocycles. The van der Waals surface area contributed by atoms with E-state index in [4.69, 9.17) is 5.11 Å². The second-order valence-corrected chi connectivity index (χ2v) is 6.50. The van der Waals surface area contributed by atoms with Gasteiger partial charge in [-0.05, 0) is 33.1 Å². The number of carbonyl (C=O) groups is 1. The molecule has 5 nitrogen and oxygen atoms in total. The van der Waals surface area contributed by atoms with Gasteiger partial charge in [0.15, 0.2) is 5.69 Å². The van der Waals surface area contributed by atoms with Crippen LogP contribution in [0.4, 0.5) is 13.2 Å². The first kappa shape index (κ1) is 18.8. The summed E-state index contributed by atoms with van der Waals surface area (Å²) in [6.07, 6.45) is 0.494. The van der Waals surface area contributed by atoms with Crippen LogP contribution >= 0.6 is 0 Å². The normalized spacial score (nSPS) is 16.1. The lowest BCUT2D eigenvalue weighted by Crippen LogP contribution is -2.45. The lowest BCUT2D eigenvalue weighted by Gasteiger charge is -2.32. The number of rotatable bonds is 6. The summed E-state index contributed by atoms with van der Waals surface area (Å²) in [6.45, 7) is 3.21. The predicted molar refractivity (Wildman–Crippen MR) is 82.3 cm³/mol. The molecule has 0 atom stereocenters. The SMILES string of the molecule is CC(C)N(C(=O)Cn1cc(CCO)c(C(F)(F)F)n1)C1CCCC1. The van der Waals surface area contributed by atoms with Crippen LogP contribution in [0.3, 0.4) is 0 Å². The van der Waals surface area contributed by atoms with E-state index in [1.807, 2.05) is 13.8 Å². The monoisotopic (exact) mass is 347 g/mol. The van der Waals surface area contributed by atoms with E-state index in [0.717, 1.165) is 30.4 Å². The fraction of sp³-hybridized carbons (Fsp3) is 0.750. The zero-order valence-corrected chi connectivity index (χ0v) is 14.0. The molecule has 0 bridgehead atoms. The minimum Gasteiger partial charge on any atom is -0.396 e. The van der Waals surface area contributed by atoms with Crippen molar-refractivity contribution in [2.75, 3.05) is 6.61 Å². The fourth-order valence-electron chi connectivity index (χ4n) is 3.40. The molecule has 0 aliphatic heterocycles. The standard InChI is InChI=1S/C16H24F3N3O2/c1-11(2)22(13-5-3-4-6-13)14(24)10-21-9-12(7-8-23)15(20-21)16(17,18)19/h9,11,13,23H,3-8,10H2,1-2H3. The Bertz CT molecular complexity index is 563. The number of carbonyl (C=O) groups excluding carboxylic acids is 1. The Morgan fingerprint density at radius 3 is 2.54 bits per heavy atom. The molecule has 1 aromatic heterocycles. The largest absolute Gasteiger partial charge is 0.435 e. The van der Waals surface area contributed by atoms with Gasteiger partial charge in [-0.3, -0.25) is 9.48 Å². The maximum absolute atomic E-state index is 13.0. The zero-order chi connectivity index (χ0) is 17.9. The van der Waals surface area contributed by atoms with E-state index in [1.165, 1.54) is 6.20 Å². The van der Waals surface area contributed by atoms with Gasteiger partial charge in [0.25, 0.3) is 0 Å². The summed E-state index contributed by atoms with van der Waals surface area (Å²) in [5, 5.41) is 12.5. The number of hydrogen-bond donors (Lipinski definition) is 1. The zero-order valence-electron chi connectivity index (χ0n) is 14.0. The second kappa shape index (κ2) is 7.55. The molecule has 24 heavy (non-hydrogen) atoms. The lowest BCUT2D eigenvalue weighted by atomic mass is 10.1. The first-order valence-corrected chi connectivity index (χ1v) is 8.29. The molecule has 0 spiro atoms. The Labute approximate surface area is 139 Å². The third kappa shape index (κ3) is 4.28. The highest BCUT2D eigenvalue weighted by molar-refractivity contribution is 5.76. The van der Waals surface area contributed by atoms with Crippen molar-refractivity contribution in [1.29, 1.82) is 0 Å². The summed E-state index contributed by atoms with van der Waals surface area (Å²) in [5.74, 6) is -0.219. The first-order valence-electron chi connectivity index (χ1n) is 8.29. The lowest BCUT2D eigenvalue weighted by molar-refractivity contribution is -0.143. The Morgan fingerprint density at radius 2 is 2.04 bits per heavy atom. The number of nitrogens with zero attached hydrogens (tertiary/aromatic N) is 3. The van der Waals surface area contributed by atoms with Gasteiger partial charge in [0.05, 0.1) is 0 Å². The van der Waals surface area contributed by atoms with E-state index in [1.54, 1.807) is 4.90 Å². The molecule has 1 aliphatic carbocycles. The van der Waals surface area contributed by atoms with Gasteiger partial charge in [-0.1, -0.05) is 12.8 Å². The number of amides is 1. The van der Waals surface area contributed by atoms with Crippen LogP contribution in [0.2, 0.25) is 0 Å². The summed E-state index contributed by atoms with van der Waals surface area (Å²) in [6, 6.07) is 0.155. The molecule has 1 aliphatic rings. The van der Waals surface area contributed by atoms with E-state index in [-0.39, 0.29) is 36.5 Å². The van der Waals surface area contributed by atoms with Crippen LogP contribution in [-0.2, 0) is 23.9 Å². The van der Waals surface area contributed by atoms with Crippen LogP contribution in [0.1, 0.15) is 50.8 Å². The minimum atomic E-state index is -4.60. The van der Waals surface area contributed by atoms with Crippen LogP contribution in [-0.4, -0.2) is 44.4 Å². The molecule has 8 heteroatoms. The van der Waals surface area contributed by atoms with Crippen molar-refractivity contribution in [1.82, 2.24) is 14.7 Å². The van der Waals surface area contributed by atoms with Crippen LogP contribution in [0.5, 0.6) is 0 Å². The average molecular weight is 347 g/mol. The van der Waals surface area contributed by atoms with Gasteiger partial charge in [-0.15, -0.1) is 0 Å². The average Bonchev–Trinajstić information content (AvgIpc) is 3.08. The van der Waals surface area contributed by atoms with E-state index in [9.17, 15) is 18.0 Å². The molecule has 1 aromatic rings. The quantitative estimate of drug-likeness (QED) is 0.861. The molecular formula is C16H24F3N3O2. The van der Waals surface area contributed by atoms with Crippen LogP contribution in [0.25, 0.3) is 0 Å². The molecule has 136 valence electrons. The van der Waals surface area contributed by atoms with Gasteiger partial charge < -0.3 is 10.0 Å². The van der Waals surface area contributed by atoms with E-state index >= 15 is 0 Å². The number of aliphatic hydroxyl groups is 1. The summed E-state index contributed by atoms with van der Waals surface area (Å²) in [5.41, 5.74) is -1.11. The molecule has 1 fully saturated rings. The van der Waals surface area contributed by atoms with Crippen LogP contribution in [0.15, 0.2) is 6.20 Å². The maximum atomic E-state index is 13.0. The molecule has 0 saturated heterocycles. The summed E-state index contributed by atoms with van der Waals surface area (Å²) < 4.78 is 40.0. The van der Waals surface area contributed by atoms with Crippen molar-refractivity contribution < 1.29 is 23.1 Å². The third-order valence-electron chi connectivity index (χ3n) is 4.35. The Balaban J connectivity index is 2.18. The van der Waals surface area contributed by atoms with Gasteiger partial charge in [0, 0.05) is 30.5 Å². The molecule has 2 rings (SSSR count). The summed E-state index contributed by atoms with van der Waals surface area (Å²) in [4.78, 5) is 14.4. The topological polar surface area (TPSA) is 58.4 Å². The smallest absolute Gasteiger partial charge is 0.396 e. The molecular weight excluding hydrogens is 323 g/mol. The van der Waals surface area contributed by atoms with E-state index < -0.39 is 18.5 Å². The number of halogens is 3. The Morgan fingerprint density at radius 1 is 1.42 bits per heavy atom. The van der Waals surface area contributed by atoms with Crippen LogP contribution < -0.4 is 0 Å². The fourth-order valence-corrected chi connectivity index (χ4v) is 3.40. The van der Waals surface area contributed by atoms with Crippen molar-refractivity contribution >= 4 is 5.91 Å². The first-order chi connectivity index (χ1) is 11.2. The molecule has 0 aromatic carbocycles. The number of aliphatic hydroxyl groups excluding tert-OH is 1. The number of hydrogen-bond acceptors (Lipinski definition) is 3. The summed E-state index contributed by atoms with van der Waals surface area (Å²) >= 11 is 0.